The summed E-state index contributed by atoms with van der Waals surface area (Å²) >= 11 is 0. The molecule has 3 heterocycles. The number of nitrogens with zero attached hydrogens (tertiary/aromatic N) is 4. The molecule has 8 rings (SSSR count). The van der Waals surface area contributed by atoms with Gasteiger partial charge in [0, 0.05) is 29.2 Å². The van der Waals surface area contributed by atoms with Crippen molar-refractivity contribution >= 4 is 21.8 Å². The van der Waals surface area contributed by atoms with Gasteiger partial charge in [-0.15, -0.1) is 0 Å². The molecule has 0 saturated heterocycles. The van der Waals surface area contributed by atoms with Crippen LogP contribution in [0.3, 0.4) is 0 Å². The number of hydrogen-bond donors (Lipinski definition) is 0. The van der Waals surface area contributed by atoms with E-state index in [9.17, 15) is 0 Å². The number of rotatable bonds is 6. The van der Waals surface area contributed by atoms with Crippen LogP contribution in [0.1, 0.15) is 79.1 Å². The fourth-order valence-electron chi connectivity index (χ4n) is 7.30. The van der Waals surface area contributed by atoms with E-state index in [4.69, 9.17) is 9.72 Å². The Morgan fingerprint density at radius 2 is 1.27 bits per heavy atom. The van der Waals surface area contributed by atoms with E-state index in [0.29, 0.717) is 0 Å². The molecule has 0 atom stereocenters. The first-order chi connectivity index (χ1) is 26.1. The summed E-state index contributed by atoms with van der Waals surface area (Å²) in [6.45, 7) is 20.2. The lowest BCUT2D eigenvalue weighted by Gasteiger charge is -2.22. The topological polar surface area (TPSA) is 35.9 Å². The molecule has 8 aromatic rings. The predicted molar refractivity (Wildman–Crippen MR) is 226 cm³/mol. The highest BCUT2D eigenvalue weighted by atomic mass is 16.5. The third kappa shape index (κ3) is 7.07. The first kappa shape index (κ1) is 36.1. The first-order valence-electron chi connectivity index (χ1n) is 19.2. The van der Waals surface area contributed by atoms with E-state index in [0.717, 1.165) is 50.8 Å². The van der Waals surface area contributed by atoms with Crippen molar-refractivity contribution in [2.75, 3.05) is 0 Å². The average Bonchev–Trinajstić information content (AvgIpc) is 3.75. The molecular weight excluding hydrogens is 673 g/mol. The molecule has 0 spiro atoms. The van der Waals surface area contributed by atoms with E-state index in [1.807, 2.05) is 6.20 Å². The van der Waals surface area contributed by atoms with Crippen LogP contribution in [-0.4, -0.2) is 14.1 Å². The van der Waals surface area contributed by atoms with Crippen LogP contribution in [-0.2, 0) is 16.2 Å². The highest BCUT2D eigenvalue weighted by Crippen LogP contribution is 2.37. The van der Waals surface area contributed by atoms with Crippen LogP contribution < -0.4 is 9.30 Å². The lowest BCUT2D eigenvalue weighted by molar-refractivity contribution is -0.611. The van der Waals surface area contributed by atoms with Crippen LogP contribution >= 0.6 is 0 Å². The van der Waals surface area contributed by atoms with Gasteiger partial charge in [-0.1, -0.05) is 123 Å². The summed E-state index contributed by atoms with van der Waals surface area (Å²) in [5.74, 6) is 2.43. The van der Waals surface area contributed by atoms with Crippen molar-refractivity contribution < 1.29 is 9.30 Å². The van der Waals surface area contributed by atoms with Crippen LogP contribution in [0, 0.1) is 6.33 Å². The number of hydrogen-bond acceptors (Lipinski definition) is 2. The van der Waals surface area contributed by atoms with Gasteiger partial charge in [0.25, 0.3) is 6.33 Å². The Kier molecular flexibility index (Phi) is 8.80. The largest absolute Gasteiger partial charge is 0.458 e. The number of para-hydroxylation sites is 1. The summed E-state index contributed by atoms with van der Waals surface area (Å²) in [6.07, 6.45) is 7.85. The van der Waals surface area contributed by atoms with Gasteiger partial charge in [0.05, 0.1) is 28.1 Å². The van der Waals surface area contributed by atoms with E-state index >= 15 is 0 Å². The molecule has 0 aliphatic carbocycles. The second-order valence-electron chi connectivity index (χ2n) is 17.7. The quantitative estimate of drug-likeness (QED) is 0.127. The number of fused-ring (bicyclic) bond motifs is 3. The summed E-state index contributed by atoms with van der Waals surface area (Å²) < 4.78 is 13.4. The van der Waals surface area contributed by atoms with Crippen molar-refractivity contribution in [2.24, 2.45) is 0 Å². The fourth-order valence-corrected chi connectivity index (χ4v) is 7.30. The number of aromatic nitrogens is 4. The highest BCUT2D eigenvalue weighted by Gasteiger charge is 2.24. The van der Waals surface area contributed by atoms with Crippen molar-refractivity contribution in [1.82, 2.24) is 14.1 Å². The molecule has 0 N–H and O–H groups in total. The molecule has 0 radical (unpaired) electrons. The van der Waals surface area contributed by atoms with Gasteiger partial charge in [0.1, 0.15) is 17.3 Å². The number of benzene rings is 5. The van der Waals surface area contributed by atoms with Gasteiger partial charge in [-0.3, -0.25) is 13.7 Å². The van der Waals surface area contributed by atoms with E-state index in [-0.39, 0.29) is 16.2 Å². The second-order valence-corrected chi connectivity index (χ2v) is 17.7. The average molecular weight is 723 g/mol. The van der Waals surface area contributed by atoms with Crippen LogP contribution in [0.15, 0.2) is 140 Å². The van der Waals surface area contributed by atoms with Gasteiger partial charge in [0.2, 0.25) is 0 Å². The van der Waals surface area contributed by atoms with Gasteiger partial charge in [-0.2, -0.15) is 0 Å². The van der Waals surface area contributed by atoms with Crippen LogP contribution in [0.4, 0.5) is 0 Å². The molecule has 5 nitrogen and oxygen atoms in total. The molecule has 5 heteroatoms. The molecule has 0 unspecified atom stereocenters. The summed E-state index contributed by atoms with van der Waals surface area (Å²) in [5, 5.41) is 2.34. The molecule has 0 bridgehead atoms. The fraction of sp³-hybridized carbons (Fsp3) is 0.240. The summed E-state index contributed by atoms with van der Waals surface area (Å²) in [6, 6.07) is 45.1. The van der Waals surface area contributed by atoms with Crippen molar-refractivity contribution in [3.05, 3.63) is 163 Å². The standard InChI is InChI=1S/C50H50N4O/c1-48(2,3)36-24-25-51-47(29-36)54-44-21-14-13-20-42(44)43-23-22-40(31-45(43)54)55-41-28-37(49(4,5)6)27-39(30-41)52-32-46(50(7,8)9)53(33-52)38-19-15-18-35(26-38)34-16-11-10-12-17-34/h10-32H,1-9H3. The molecule has 5 aromatic carbocycles. The molecule has 55 heavy (non-hydrogen) atoms. The molecule has 0 saturated carbocycles. The molecule has 3 aromatic heterocycles. The van der Waals surface area contributed by atoms with Gasteiger partial charge in [-0.25, -0.2) is 4.98 Å². The molecule has 0 amide bonds. The Balaban J connectivity index is 1.23. The first-order valence-corrected chi connectivity index (χ1v) is 19.2. The lowest BCUT2D eigenvalue weighted by atomic mass is 9.86. The Morgan fingerprint density at radius 3 is 2.02 bits per heavy atom. The Morgan fingerprint density at radius 1 is 0.564 bits per heavy atom. The highest BCUT2D eigenvalue weighted by molar-refractivity contribution is 6.09. The number of pyridine rings is 1. The molecule has 276 valence electrons. The Bertz CT molecular complexity index is 2680. The molecular formula is C50H50N4O. The van der Waals surface area contributed by atoms with Crippen molar-refractivity contribution in [3.63, 3.8) is 0 Å². The van der Waals surface area contributed by atoms with Crippen molar-refractivity contribution in [3.8, 4) is 39.8 Å². The van der Waals surface area contributed by atoms with E-state index in [2.05, 4.69) is 216 Å². The maximum atomic E-state index is 6.84. The molecule has 0 aliphatic heterocycles. The minimum absolute atomic E-state index is 0.00321. The lowest BCUT2D eigenvalue weighted by Crippen LogP contribution is -2.38. The van der Waals surface area contributed by atoms with E-state index < -0.39 is 0 Å². The monoisotopic (exact) mass is 722 g/mol. The third-order valence-electron chi connectivity index (χ3n) is 10.4. The van der Waals surface area contributed by atoms with Crippen molar-refractivity contribution in [1.29, 1.82) is 0 Å². The predicted octanol–water partition coefficient (Wildman–Crippen LogP) is 12.4. The maximum Gasteiger partial charge on any atom is 0.269 e. The van der Waals surface area contributed by atoms with E-state index in [1.54, 1.807) is 0 Å². The van der Waals surface area contributed by atoms with Crippen LogP contribution in [0.5, 0.6) is 11.5 Å². The van der Waals surface area contributed by atoms with Gasteiger partial charge >= 0.3 is 0 Å². The third-order valence-corrected chi connectivity index (χ3v) is 10.4. The zero-order chi connectivity index (χ0) is 38.7. The maximum absolute atomic E-state index is 6.84. The normalized spacial score (nSPS) is 12.5. The van der Waals surface area contributed by atoms with Gasteiger partial charge in [0.15, 0.2) is 0 Å². The van der Waals surface area contributed by atoms with Crippen LogP contribution in [0.2, 0.25) is 0 Å². The minimum atomic E-state index is -0.138. The Hall–Kier alpha value is -5.94. The zero-order valence-corrected chi connectivity index (χ0v) is 33.5. The molecule has 0 aliphatic rings. The smallest absolute Gasteiger partial charge is 0.269 e. The van der Waals surface area contributed by atoms with Gasteiger partial charge < -0.3 is 4.74 Å². The Labute approximate surface area is 325 Å². The van der Waals surface area contributed by atoms with Crippen LogP contribution in [0.25, 0.3) is 50.1 Å². The number of imidazole rings is 1. The van der Waals surface area contributed by atoms with E-state index in [1.165, 1.54) is 27.6 Å². The minimum Gasteiger partial charge on any atom is -0.458 e. The second kappa shape index (κ2) is 13.4. The summed E-state index contributed by atoms with van der Waals surface area (Å²) in [4.78, 5) is 4.88. The SMILES string of the molecule is CC(C)(C)c1cc(Oc2ccc3c4ccccc4n(-c4cc(C(C)(C)C)ccn4)c3c2)cc(-n2[c-][n+](-c3cccc(-c4ccccc4)c3)c(C(C)(C)C)c2)c1. The molecule has 0 fully saturated rings. The van der Waals surface area contributed by atoms with Gasteiger partial charge in [-0.05, 0) is 99.2 Å². The van der Waals surface area contributed by atoms with Crippen molar-refractivity contribution in [2.45, 2.75) is 78.6 Å². The summed E-state index contributed by atoms with van der Waals surface area (Å²) in [5.41, 5.74) is 9.90. The summed E-state index contributed by atoms with van der Waals surface area (Å²) in [7, 11) is 0. The number of ether oxygens (including phenoxy) is 1. The zero-order valence-electron chi connectivity index (χ0n) is 33.5.